The highest BCUT2D eigenvalue weighted by Crippen LogP contribution is 2.33. The molecule has 28 heavy (non-hydrogen) atoms. The van der Waals surface area contributed by atoms with Gasteiger partial charge in [0.05, 0.1) is 12.1 Å². The molecule has 0 unspecified atom stereocenters. The molecule has 9 nitrogen and oxygen atoms in total. The summed E-state index contributed by atoms with van der Waals surface area (Å²) in [7, 11) is -2.30. The fraction of sp³-hybridized carbons (Fsp3) is 0.812. The Bertz CT molecular complexity index is 673. The lowest BCUT2D eigenvalue weighted by Gasteiger charge is -2.16. The standard InChI is InChI=1S/C16H28N4O5S3/c1-28(24,25)27-9-8-18-14(22)6-7-17-13(21)5-3-2-4-12-15-11(10-26-12)19-16(23)20-15/h11-12,15H,2-10H2,1H3,(H,17,21)(H,18,22)(H2,19,20,23)/t11-,12-,15-/m0/s1. The van der Waals surface area contributed by atoms with Gasteiger partial charge in [0.25, 0.3) is 0 Å². The molecule has 0 saturated carbocycles. The Labute approximate surface area is 173 Å². The van der Waals surface area contributed by atoms with E-state index < -0.39 is 8.87 Å². The highest BCUT2D eigenvalue weighted by atomic mass is 33.1. The first-order chi connectivity index (χ1) is 13.2. The molecule has 0 bridgehead atoms. The quantitative estimate of drug-likeness (QED) is 0.186. The molecule has 2 aliphatic heterocycles. The zero-order valence-corrected chi connectivity index (χ0v) is 18.3. The third kappa shape index (κ3) is 8.48. The van der Waals surface area contributed by atoms with Crippen LogP contribution in [-0.2, 0) is 18.5 Å². The molecule has 2 rings (SSSR count). The summed E-state index contributed by atoms with van der Waals surface area (Å²) in [5.41, 5.74) is 0. The van der Waals surface area contributed by atoms with Crippen molar-refractivity contribution in [3.63, 3.8) is 0 Å². The van der Waals surface area contributed by atoms with Gasteiger partial charge in [-0.05, 0) is 23.6 Å². The van der Waals surface area contributed by atoms with Gasteiger partial charge in [-0.1, -0.05) is 6.42 Å². The Balaban J connectivity index is 1.46. The number of hydrogen-bond donors (Lipinski definition) is 4. The van der Waals surface area contributed by atoms with Crippen molar-refractivity contribution < 1.29 is 22.8 Å². The average molecular weight is 453 g/mol. The van der Waals surface area contributed by atoms with Crippen LogP contribution >= 0.6 is 22.6 Å². The first-order valence-corrected chi connectivity index (χ1v) is 13.8. The number of carbonyl (C=O) groups excluding carboxylic acids is 3. The molecule has 12 heteroatoms. The molecule has 2 saturated heterocycles. The second kappa shape index (κ2) is 11.1. The van der Waals surface area contributed by atoms with Gasteiger partial charge in [0.1, 0.15) is 0 Å². The second-order valence-corrected chi connectivity index (χ2v) is 12.7. The summed E-state index contributed by atoms with van der Waals surface area (Å²) in [4.78, 5) is 34.8. The number of hydrogen-bond acceptors (Lipinski definition) is 7. The van der Waals surface area contributed by atoms with E-state index in [1.54, 1.807) is 0 Å². The van der Waals surface area contributed by atoms with Gasteiger partial charge in [0.2, 0.25) is 11.8 Å². The van der Waals surface area contributed by atoms with Crippen LogP contribution in [0.1, 0.15) is 32.1 Å². The maximum Gasteiger partial charge on any atom is 0.315 e. The molecule has 2 heterocycles. The molecule has 0 radical (unpaired) electrons. The van der Waals surface area contributed by atoms with Gasteiger partial charge in [0.15, 0.2) is 8.87 Å². The van der Waals surface area contributed by atoms with Gasteiger partial charge in [-0.2, -0.15) is 11.8 Å². The van der Waals surface area contributed by atoms with Crippen LogP contribution in [0.25, 0.3) is 0 Å². The van der Waals surface area contributed by atoms with Crippen molar-refractivity contribution in [3.8, 4) is 0 Å². The lowest BCUT2D eigenvalue weighted by Crippen LogP contribution is -2.36. The Morgan fingerprint density at radius 3 is 2.61 bits per heavy atom. The number of thioether (sulfide) groups is 1. The van der Waals surface area contributed by atoms with E-state index >= 15 is 0 Å². The van der Waals surface area contributed by atoms with Crippen LogP contribution in [0, 0.1) is 0 Å². The molecule has 0 aliphatic carbocycles. The molecule has 4 amide bonds. The van der Waals surface area contributed by atoms with Crippen LogP contribution in [0.2, 0.25) is 0 Å². The van der Waals surface area contributed by atoms with E-state index in [-0.39, 0.29) is 49.4 Å². The SMILES string of the molecule is CS(=O)(=O)SCCNC(=O)CCNC(=O)CCCC[C@@H]1SC[C@@H]2NC(=O)N[C@@H]21. The largest absolute Gasteiger partial charge is 0.356 e. The van der Waals surface area contributed by atoms with E-state index in [0.29, 0.717) is 17.4 Å². The van der Waals surface area contributed by atoms with E-state index in [1.165, 1.54) is 0 Å². The Hall–Kier alpha value is -1.14. The predicted octanol–water partition coefficient (Wildman–Crippen LogP) is 0.0275. The zero-order chi connectivity index (χ0) is 20.6. The summed E-state index contributed by atoms with van der Waals surface area (Å²) in [5.74, 6) is 0.948. The smallest absolute Gasteiger partial charge is 0.315 e. The fourth-order valence-corrected chi connectivity index (χ4v) is 6.34. The van der Waals surface area contributed by atoms with Crippen LogP contribution in [0.5, 0.6) is 0 Å². The molecule has 2 fully saturated rings. The van der Waals surface area contributed by atoms with Crippen molar-refractivity contribution >= 4 is 49.3 Å². The third-order valence-corrected chi connectivity index (χ3v) is 8.57. The van der Waals surface area contributed by atoms with Gasteiger partial charge in [-0.3, -0.25) is 9.59 Å². The van der Waals surface area contributed by atoms with Crippen molar-refractivity contribution in [3.05, 3.63) is 0 Å². The van der Waals surface area contributed by atoms with Crippen LogP contribution in [0.3, 0.4) is 0 Å². The molecule has 3 atom stereocenters. The third-order valence-electron chi connectivity index (χ3n) is 4.48. The minimum Gasteiger partial charge on any atom is -0.356 e. The average Bonchev–Trinajstić information content (AvgIpc) is 3.14. The van der Waals surface area contributed by atoms with Crippen LogP contribution in [0.4, 0.5) is 4.79 Å². The first-order valence-electron chi connectivity index (χ1n) is 9.31. The summed E-state index contributed by atoms with van der Waals surface area (Å²) in [6.07, 6.45) is 4.38. The van der Waals surface area contributed by atoms with Crippen molar-refractivity contribution in [2.75, 3.05) is 30.9 Å². The van der Waals surface area contributed by atoms with Crippen LogP contribution in [-0.4, -0.2) is 74.4 Å². The van der Waals surface area contributed by atoms with Crippen molar-refractivity contribution in [2.45, 2.75) is 49.4 Å². The summed E-state index contributed by atoms with van der Waals surface area (Å²) in [6, 6.07) is 0.334. The lowest BCUT2D eigenvalue weighted by atomic mass is 10.0. The molecule has 0 aromatic heterocycles. The van der Waals surface area contributed by atoms with Gasteiger partial charge >= 0.3 is 6.03 Å². The van der Waals surface area contributed by atoms with Crippen LogP contribution in [0.15, 0.2) is 0 Å². The number of fused-ring (bicyclic) bond motifs is 1. The molecule has 0 aromatic carbocycles. The van der Waals surface area contributed by atoms with Gasteiger partial charge in [0, 0.05) is 48.9 Å². The number of carbonyl (C=O) groups is 3. The molecule has 0 spiro atoms. The minimum absolute atomic E-state index is 0.0757. The number of urea groups is 1. The summed E-state index contributed by atoms with van der Waals surface area (Å²) < 4.78 is 21.9. The molecule has 0 aromatic rings. The van der Waals surface area contributed by atoms with Gasteiger partial charge in [-0.25, -0.2) is 13.2 Å². The monoisotopic (exact) mass is 452 g/mol. The van der Waals surface area contributed by atoms with E-state index in [2.05, 4.69) is 21.3 Å². The zero-order valence-electron chi connectivity index (χ0n) is 15.9. The number of amides is 4. The van der Waals surface area contributed by atoms with E-state index in [0.717, 1.165) is 42.1 Å². The second-order valence-electron chi connectivity index (χ2n) is 6.84. The normalized spacial score (nSPS) is 23.6. The van der Waals surface area contributed by atoms with Gasteiger partial charge < -0.3 is 21.3 Å². The number of unbranched alkanes of at least 4 members (excludes halogenated alkanes) is 1. The molecular weight excluding hydrogens is 424 g/mol. The maximum absolute atomic E-state index is 11.8. The van der Waals surface area contributed by atoms with E-state index in [4.69, 9.17) is 0 Å². The van der Waals surface area contributed by atoms with Crippen molar-refractivity contribution in [2.24, 2.45) is 0 Å². The van der Waals surface area contributed by atoms with Crippen LogP contribution < -0.4 is 21.3 Å². The van der Waals surface area contributed by atoms with E-state index in [9.17, 15) is 22.8 Å². The molecule has 2 aliphatic rings. The topological polar surface area (TPSA) is 133 Å². The predicted molar refractivity (Wildman–Crippen MR) is 112 cm³/mol. The first kappa shape index (κ1) is 23.1. The summed E-state index contributed by atoms with van der Waals surface area (Å²) in [5, 5.41) is 11.6. The number of nitrogens with one attached hydrogen (secondary N) is 4. The lowest BCUT2D eigenvalue weighted by molar-refractivity contribution is -0.122. The van der Waals surface area contributed by atoms with Crippen molar-refractivity contribution in [1.29, 1.82) is 0 Å². The Morgan fingerprint density at radius 1 is 1.14 bits per heavy atom. The maximum atomic E-state index is 11.8. The molecule has 4 N–H and O–H groups in total. The minimum atomic E-state index is -3.09. The van der Waals surface area contributed by atoms with E-state index in [1.807, 2.05) is 11.8 Å². The molecular formula is C16H28N4O5S3. The highest BCUT2D eigenvalue weighted by Gasteiger charge is 2.42. The Kier molecular flexibility index (Phi) is 9.22. The number of rotatable bonds is 12. The van der Waals surface area contributed by atoms with Gasteiger partial charge in [-0.15, -0.1) is 0 Å². The van der Waals surface area contributed by atoms with Crippen molar-refractivity contribution in [1.82, 2.24) is 21.3 Å². The summed E-state index contributed by atoms with van der Waals surface area (Å²) in [6.45, 7) is 0.547. The Morgan fingerprint density at radius 2 is 1.86 bits per heavy atom. The fourth-order valence-electron chi connectivity index (χ4n) is 3.15. The molecule has 160 valence electrons. The highest BCUT2D eigenvalue weighted by molar-refractivity contribution is 8.71. The summed E-state index contributed by atoms with van der Waals surface area (Å²) >= 11 is 1.86.